The lowest BCUT2D eigenvalue weighted by atomic mass is 10.1. The number of nitrogens with zero attached hydrogens (tertiary/aromatic N) is 3. The number of aromatic nitrogens is 4. The van der Waals surface area contributed by atoms with Crippen molar-refractivity contribution in [1.82, 2.24) is 19.7 Å². The highest BCUT2D eigenvalue weighted by Crippen LogP contribution is 2.21. The van der Waals surface area contributed by atoms with Crippen LogP contribution in [-0.2, 0) is 24.7 Å². The van der Waals surface area contributed by atoms with E-state index in [-0.39, 0.29) is 5.91 Å². The highest BCUT2D eigenvalue weighted by molar-refractivity contribution is 5.90. The van der Waals surface area contributed by atoms with Gasteiger partial charge in [0.25, 0.3) is 0 Å². The highest BCUT2D eigenvalue weighted by atomic mass is 16.5. The Morgan fingerprint density at radius 1 is 1.17 bits per heavy atom. The minimum Gasteiger partial charge on any atom is -0.497 e. The van der Waals surface area contributed by atoms with Crippen LogP contribution in [0.5, 0.6) is 5.75 Å². The predicted molar refractivity (Wildman–Crippen MR) is 112 cm³/mol. The van der Waals surface area contributed by atoms with Crippen molar-refractivity contribution in [2.75, 3.05) is 12.4 Å². The van der Waals surface area contributed by atoms with Gasteiger partial charge in [0.05, 0.1) is 7.11 Å². The van der Waals surface area contributed by atoms with Crippen LogP contribution in [0.15, 0.2) is 54.7 Å². The Kier molecular flexibility index (Phi) is 5.29. The standard InChI is InChI=1S/C22H23N5O2/c1-27-14-16(18-5-3-4-6-19(18)27)9-12-21(28)24-22-23-20(25-26-22)13-15-7-10-17(29-2)11-8-15/h3-8,10-11,14H,9,12-13H2,1-2H3,(H2,23,24,25,26,28). The molecule has 7 nitrogen and oxygen atoms in total. The second kappa shape index (κ2) is 8.18. The monoisotopic (exact) mass is 389 g/mol. The minimum atomic E-state index is -0.104. The molecule has 2 N–H and O–H groups in total. The number of aromatic amines is 1. The number of hydrogen-bond acceptors (Lipinski definition) is 4. The molecule has 2 aromatic carbocycles. The van der Waals surface area contributed by atoms with Gasteiger partial charge in [-0.2, -0.15) is 4.98 Å². The number of methoxy groups -OCH3 is 1. The zero-order valence-corrected chi connectivity index (χ0v) is 16.5. The molecule has 0 unspecified atom stereocenters. The molecule has 0 aliphatic carbocycles. The Bertz CT molecular complexity index is 1130. The first-order chi connectivity index (χ1) is 14.1. The molecule has 2 aromatic heterocycles. The lowest BCUT2D eigenvalue weighted by Gasteiger charge is -2.01. The number of H-pyrrole nitrogens is 1. The van der Waals surface area contributed by atoms with Crippen LogP contribution in [0, 0.1) is 0 Å². The van der Waals surface area contributed by atoms with Gasteiger partial charge in [-0.3, -0.25) is 15.2 Å². The lowest BCUT2D eigenvalue weighted by Crippen LogP contribution is -2.13. The summed E-state index contributed by atoms with van der Waals surface area (Å²) >= 11 is 0. The molecule has 0 atom stereocenters. The molecule has 0 spiro atoms. The molecule has 0 saturated heterocycles. The van der Waals surface area contributed by atoms with Gasteiger partial charge >= 0.3 is 0 Å². The zero-order valence-electron chi connectivity index (χ0n) is 16.5. The van der Waals surface area contributed by atoms with Crippen LogP contribution in [0.3, 0.4) is 0 Å². The van der Waals surface area contributed by atoms with Crippen LogP contribution in [0.1, 0.15) is 23.4 Å². The van der Waals surface area contributed by atoms with Gasteiger partial charge in [0.1, 0.15) is 11.6 Å². The average Bonchev–Trinajstić information content (AvgIpc) is 3.31. The number of carbonyl (C=O) groups is 1. The maximum absolute atomic E-state index is 12.3. The number of fused-ring (bicyclic) bond motifs is 1. The normalized spacial score (nSPS) is 11.0. The number of carbonyl (C=O) groups excluding carboxylic acids is 1. The van der Waals surface area contributed by atoms with Gasteiger partial charge < -0.3 is 9.30 Å². The van der Waals surface area contributed by atoms with Gasteiger partial charge in [-0.25, -0.2) is 0 Å². The Morgan fingerprint density at radius 3 is 2.76 bits per heavy atom. The van der Waals surface area contributed by atoms with Gasteiger partial charge in [0, 0.05) is 37.0 Å². The molecule has 29 heavy (non-hydrogen) atoms. The van der Waals surface area contributed by atoms with Crippen LogP contribution in [0.25, 0.3) is 10.9 Å². The van der Waals surface area contributed by atoms with E-state index < -0.39 is 0 Å². The van der Waals surface area contributed by atoms with E-state index in [0.29, 0.717) is 31.0 Å². The van der Waals surface area contributed by atoms with E-state index in [0.717, 1.165) is 16.9 Å². The summed E-state index contributed by atoms with van der Waals surface area (Å²) in [4.78, 5) is 16.7. The Morgan fingerprint density at radius 2 is 1.97 bits per heavy atom. The second-order valence-electron chi connectivity index (χ2n) is 6.96. The smallest absolute Gasteiger partial charge is 0.248 e. The van der Waals surface area contributed by atoms with E-state index in [1.807, 2.05) is 43.4 Å². The number of para-hydroxylation sites is 1. The summed E-state index contributed by atoms with van der Waals surface area (Å²) in [6, 6.07) is 16.0. The Labute approximate surface area is 168 Å². The van der Waals surface area contributed by atoms with Crippen molar-refractivity contribution < 1.29 is 9.53 Å². The fourth-order valence-corrected chi connectivity index (χ4v) is 3.43. The maximum atomic E-state index is 12.3. The molecule has 7 heteroatoms. The number of hydrogen-bond donors (Lipinski definition) is 2. The van der Waals surface area contributed by atoms with E-state index in [1.54, 1.807) is 7.11 Å². The molecule has 0 aliphatic heterocycles. The highest BCUT2D eigenvalue weighted by Gasteiger charge is 2.11. The first kappa shape index (κ1) is 18.7. The van der Waals surface area contributed by atoms with Crippen molar-refractivity contribution in [3.8, 4) is 5.75 Å². The third-order valence-corrected chi connectivity index (χ3v) is 4.91. The van der Waals surface area contributed by atoms with Crippen LogP contribution in [0.4, 0.5) is 5.95 Å². The minimum absolute atomic E-state index is 0.104. The lowest BCUT2D eigenvalue weighted by molar-refractivity contribution is -0.116. The number of rotatable bonds is 7. The summed E-state index contributed by atoms with van der Waals surface area (Å²) < 4.78 is 7.25. The SMILES string of the molecule is COc1ccc(Cc2nc(NC(=O)CCc3cn(C)c4ccccc34)n[nH]2)cc1. The van der Waals surface area contributed by atoms with Crippen molar-refractivity contribution in [2.45, 2.75) is 19.3 Å². The van der Waals surface area contributed by atoms with E-state index in [4.69, 9.17) is 4.74 Å². The number of benzene rings is 2. The molecule has 148 valence electrons. The third-order valence-electron chi connectivity index (χ3n) is 4.91. The molecular formula is C22H23N5O2. The summed E-state index contributed by atoms with van der Waals surface area (Å²) in [5.74, 6) is 1.70. The van der Waals surface area contributed by atoms with Gasteiger partial charge in [-0.05, 0) is 35.7 Å². The summed E-state index contributed by atoms with van der Waals surface area (Å²) in [5.41, 5.74) is 3.41. The molecule has 1 amide bonds. The molecular weight excluding hydrogens is 366 g/mol. The van der Waals surface area contributed by atoms with Crippen molar-refractivity contribution in [1.29, 1.82) is 0 Å². The van der Waals surface area contributed by atoms with Crippen molar-refractivity contribution in [3.05, 3.63) is 71.7 Å². The molecule has 0 aliphatic rings. The van der Waals surface area contributed by atoms with E-state index >= 15 is 0 Å². The number of nitrogens with one attached hydrogen (secondary N) is 2. The summed E-state index contributed by atoms with van der Waals surface area (Å²) in [7, 11) is 3.66. The zero-order chi connectivity index (χ0) is 20.2. The Balaban J connectivity index is 1.34. The molecule has 4 aromatic rings. The van der Waals surface area contributed by atoms with Crippen molar-refractivity contribution in [3.63, 3.8) is 0 Å². The van der Waals surface area contributed by atoms with Crippen LogP contribution in [0.2, 0.25) is 0 Å². The van der Waals surface area contributed by atoms with E-state index in [9.17, 15) is 4.79 Å². The molecule has 0 bridgehead atoms. The Hall–Kier alpha value is -3.61. The van der Waals surface area contributed by atoms with Gasteiger partial charge in [0.15, 0.2) is 0 Å². The fourth-order valence-electron chi connectivity index (χ4n) is 3.43. The number of aryl methyl sites for hydroxylation is 2. The molecule has 2 heterocycles. The van der Waals surface area contributed by atoms with E-state index in [1.165, 1.54) is 10.9 Å². The molecule has 0 fully saturated rings. The van der Waals surface area contributed by atoms with Gasteiger partial charge in [0.2, 0.25) is 11.9 Å². The van der Waals surface area contributed by atoms with Gasteiger partial charge in [-0.15, -0.1) is 5.10 Å². The molecule has 0 radical (unpaired) electrons. The third kappa shape index (κ3) is 4.29. The maximum Gasteiger partial charge on any atom is 0.248 e. The average molecular weight is 389 g/mol. The van der Waals surface area contributed by atoms with Crippen molar-refractivity contribution >= 4 is 22.8 Å². The van der Waals surface area contributed by atoms with Crippen LogP contribution in [-0.4, -0.2) is 32.8 Å². The number of anilines is 1. The first-order valence-corrected chi connectivity index (χ1v) is 9.49. The van der Waals surface area contributed by atoms with Crippen LogP contribution < -0.4 is 10.1 Å². The predicted octanol–water partition coefficient (Wildman–Crippen LogP) is 3.47. The number of ether oxygens (including phenoxy) is 1. The number of amides is 1. The summed E-state index contributed by atoms with van der Waals surface area (Å²) in [6.45, 7) is 0. The van der Waals surface area contributed by atoms with Gasteiger partial charge in [-0.1, -0.05) is 30.3 Å². The first-order valence-electron chi connectivity index (χ1n) is 9.49. The largest absolute Gasteiger partial charge is 0.497 e. The summed E-state index contributed by atoms with van der Waals surface area (Å²) in [6.07, 6.45) is 3.72. The molecule has 0 saturated carbocycles. The van der Waals surface area contributed by atoms with E-state index in [2.05, 4.69) is 43.4 Å². The summed E-state index contributed by atoms with van der Waals surface area (Å²) in [5, 5.41) is 10.9. The fraction of sp³-hybridized carbons (Fsp3) is 0.227. The van der Waals surface area contributed by atoms with Crippen LogP contribution >= 0.6 is 0 Å². The topological polar surface area (TPSA) is 84.8 Å². The molecule has 4 rings (SSSR count). The second-order valence-corrected chi connectivity index (χ2v) is 6.96. The quantitative estimate of drug-likeness (QED) is 0.507. The van der Waals surface area contributed by atoms with Crippen molar-refractivity contribution in [2.24, 2.45) is 7.05 Å².